The third-order valence-electron chi connectivity index (χ3n) is 3.13. The second kappa shape index (κ2) is 7.51. The maximum Gasteiger partial charge on any atom is 0.224 e. The van der Waals surface area contributed by atoms with Gasteiger partial charge in [-0.05, 0) is 29.8 Å². The van der Waals surface area contributed by atoms with Crippen LogP contribution >= 0.6 is 0 Å². The van der Waals surface area contributed by atoms with Gasteiger partial charge < -0.3 is 15.8 Å². The fourth-order valence-corrected chi connectivity index (χ4v) is 1.74. The lowest BCUT2D eigenvalue weighted by molar-refractivity contribution is -0.124. The molecule has 1 unspecified atom stereocenters. The molecular formula is C16H18FN3O2. The minimum absolute atomic E-state index is 0.110. The van der Waals surface area contributed by atoms with Gasteiger partial charge in [0.15, 0.2) is 11.6 Å². The number of pyridine rings is 1. The summed E-state index contributed by atoms with van der Waals surface area (Å²) in [6, 6.07) is 7.95. The predicted molar refractivity (Wildman–Crippen MR) is 80.8 cm³/mol. The molecule has 116 valence electrons. The molecule has 0 aliphatic rings. The monoisotopic (exact) mass is 303 g/mol. The summed E-state index contributed by atoms with van der Waals surface area (Å²) < 4.78 is 19.4. The number of nitrogens with zero attached hydrogens (tertiary/aromatic N) is 1. The zero-order valence-electron chi connectivity index (χ0n) is 12.3. The van der Waals surface area contributed by atoms with Gasteiger partial charge in [0.2, 0.25) is 5.91 Å². The fourth-order valence-electron chi connectivity index (χ4n) is 1.74. The number of nitrogens with two attached hydrogens (primary N) is 1. The molecule has 1 aromatic heterocycles. The van der Waals surface area contributed by atoms with Crippen molar-refractivity contribution in [1.29, 1.82) is 0 Å². The van der Waals surface area contributed by atoms with Gasteiger partial charge in [0.05, 0.1) is 6.20 Å². The highest BCUT2D eigenvalue weighted by Crippen LogP contribution is 2.24. The number of halogens is 1. The van der Waals surface area contributed by atoms with Gasteiger partial charge >= 0.3 is 0 Å². The van der Waals surface area contributed by atoms with Gasteiger partial charge in [0, 0.05) is 25.2 Å². The lowest BCUT2D eigenvalue weighted by Crippen LogP contribution is -2.32. The molecule has 0 radical (unpaired) electrons. The minimum atomic E-state index is -0.498. The van der Waals surface area contributed by atoms with Gasteiger partial charge in [-0.1, -0.05) is 13.0 Å². The topological polar surface area (TPSA) is 77.2 Å². The van der Waals surface area contributed by atoms with E-state index in [-0.39, 0.29) is 30.7 Å². The highest BCUT2D eigenvalue weighted by molar-refractivity contribution is 5.78. The van der Waals surface area contributed by atoms with Crippen LogP contribution < -0.4 is 15.8 Å². The van der Waals surface area contributed by atoms with E-state index in [4.69, 9.17) is 10.5 Å². The van der Waals surface area contributed by atoms with Crippen molar-refractivity contribution in [3.05, 3.63) is 54.1 Å². The molecule has 1 atom stereocenters. The van der Waals surface area contributed by atoms with Gasteiger partial charge in [-0.2, -0.15) is 0 Å². The van der Waals surface area contributed by atoms with E-state index in [1.54, 1.807) is 31.3 Å². The first-order chi connectivity index (χ1) is 10.6. The first-order valence-corrected chi connectivity index (χ1v) is 6.94. The number of amides is 1. The lowest BCUT2D eigenvalue weighted by Gasteiger charge is -2.11. The largest absolute Gasteiger partial charge is 0.453 e. The molecule has 0 spiro atoms. The third kappa shape index (κ3) is 4.26. The molecule has 1 amide bonds. The van der Waals surface area contributed by atoms with Crippen molar-refractivity contribution in [2.75, 3.05) is 6.54 Å². The molecule has 0 aliphatic carbocycles. The lowest BCUT2D eigenvalue weighted by atomic mass is 10.1. The van der Waals surface area contributed by atoms with Gasteiger partial charge in [-0.3, -0.25) is 9.78 Å². The molecule has 0 saturated carbocycles. The Morgan fingerprint density at radius 3 is 2.91 bits per heavy atom. The van der Waals surface area contributed by atoms with E-state index in [2.05, 4.69) is 10.3 Å². The molecule has 0 aliphatic heterocycles. The van der Waals surface area contributed by atoms with Gasteiger partial charge in [0.25, 0.3) is 0 Å². The van der Waals surface area contributed by atoms with Gasteiger partial charge in [-0.15, -0.1) is 0 Å². The Morgan fingerprint density at radius 2 is 2.27 bits per heavy atom. The number of rotatable bonds is 6. The van der Waals surface area contributed by atoms with Crippen LogP contribution in [-0.2, 0) is 11.3 Å². The van der Waals surface area contributed by atoms with Gasteiger partial charge in [-0.25, -0.2) is 4.39 Å². The maximum absolute atomic E-state index is 14.0. The summed E-state index contributed by atoms with van der Waals surface area (Å²) >= 11 is 0. The summed E-state index contributed by atoms with van der Waals surface area (Å²) in [6.07, 6.45) is 3.11. The molecular weight excluding hydrogens is 285 g/mol. The molecule has 2 rings (SSSR count). The van der Waals surface area contributed by atoms with Crippen LogP contribution in [0.4, 0.5) is 4.39 Å². The van der Waals surface area contributed by atoms with Crippen LogP contribution in [0.25, 0.3) is 0 Å². The number of aromatic nitrogens is 1. The standard InChI is InChI=1S/C16H18FN3O2/c1-11(8-18)16(21)20-9-12-4-5-15(14(17)7-12)22-13-3-2-6-19-10-13/h2-7,10-11H,8-9,18H2,1H3,(H,20,21). The Labute approximate surface area is 128 Å². The maximum atomic E-state index is 14.0. The quantitative estimate of drug-likeness (QED) is 0.858. The number of carbonyl (C=O) groups excluding carboxylic acids is 1. The van der Waals surface area contributed by atoms with Crippen LogP contribution in [0.15, 0.2) is 42.7 Å². The van der Waals surface area contributed by atoms with E-state index < -0.39 is 5.82 Å². The van der Waals surface area contributed by atoms with E-state index in [9.17, 15) is 9.18 Å². The van der Waals surface area contributed by atoms with Crippen LogP contribution in [0.2, 0.25) is 0 Å². The zero-order valence-corrected chi connectivity index (χ0v) is 12.3. The van der Waals surface area contributed by atoms with E-state index in [0.717, 1.165) is 0 Å². The molecule has 0 fully saturated rings. The van der Waals surface area contributed by atoms with E-state index >= 15 is 0 Å². The summed E-state index contributed by atoms with van der Waals surface area (Å²) in [4.78, 5) is 15.5. The Bertz CT molecular complexity index is 635. The number of hydrogen-bond donors (Lipinski definition) is 2. The van der Waals surface area contributed by atoms with Crippen molar-refractivity contribution < 1.29 is 13.9 Å². The summed E-state index contributed by atoms with van der Waals surface area (Å²) in [5, 5.41) is 2.71. The van der Waals surface area contributed by atoms with Crippen molar-refractivity contribution in [2.45, 2.75) is 13.5 Å². The van der Waals surface area contributed by atoms with Gasteiger partial charge in [0.1, 0.15) is 5.75 Å². The summed E-state index contributed by atoms with van der Waals surface area (Å²) in [6.45, 7) is 2.26. The Kier molecular flexibility index (Phi) is 5.43. The van der Waals surface area contributed by atoms with Crippen LogP contribution in [0.5, 0.6) is 11.5 Å². The molecule has 0 bridgehead atoms. The molecule has 1 aromatic carbocycles. The Morgan fingerprint density at radius 1 is 1.45 bits per heavy atom. The van der Waals surface area contributed by atoms with Crippen molar-refractivity contribution >= 4 is 5.91 Å². The van der Waals surface area contributed by atoms with Crippen molar-refractivity contribution in [2.24, 2.45) is 11.7 Å². The van der Waals surface area contributed by atoms with E-state index in [1.165, 1.54) is 18.3 Å². The molecule has 0 saturated heterocycles. The van der Waals surface area contributed by atoms with E-state index in [0.29, 0.717) is 11.3 Å². The van der Waals surface area contributed by atoms with Crippen LogP contribution in [0, 0.1) is 11.7 Å². The highest BCUT2D eigenvalue weighted by Gasteiger charge is 2.11. The van der Waals surface area contributed by atoms with E-state index in [1.807, 2.05) is 0 Å². The first kappa shape index (κ1) is 15.9. The number of nitrogens with one attached hydrogen (secondary N) is 1. The first-order valence-electron chi connectivity index (χ1n) is 6.94. The van der Waals surface area contributed by atoms with Crippen molar-refractivity contribution in [3.63, 3.8) is 0 Å². The van der Waals surface area contributed by atoms with Crippen LogP contribution in [0.1, 0.15) is 12.5 Å². The van der Waals surface area contributed by atoms with Crippen molar-refractivity contribution in [3.8, 4) is 11.5 Å². The average Bonchev–Trinajstić information content (AvgIpc) is 2.55. The van der Waals surface area contributed by atoms with Crippen LogP contribution in [-0.4, -0.2) is 17.4 Å². The zero-order chi connectivity index (χ0) is 15.9. The smallest absolute Gasteiger partial charge is 0.224 e. The average molecular weight is 303 g/mol. The number of ether oxygens (including phenoxy) is 1. The number of carbonyl (C=O) groups is 1. The molecule has 22 heavy (non-hydrogen) atoms. The second-order valence-corrected chi connectivity index (χ2v) is 4.91. The Balaban J connectivity index is 1.99. The minimum Gasteiger partial charge on any atom is -0.453 e. The fraction of sp³-hybridized carbons (Fsp3) is 0.250. The summed E-state index contributed by atoms with van der Waals surface area (Å²) in [5.41, 5.74) is 6.06. The summed E-state index contributed by atoms with van der Waals surface area (Å²) in [7, 11) is 0. The molecule has 2 aromatic rings. The Hall–Kier alpha value is -2.47. The van der Waals surface area contributed by atoms with Crippen molar-refractivity contribution in [1.82, 2.24) is 10.3 Å². The SMILES string of the molecule is CC(CN)C(=O)NCc1ccc(Oc2cccnc2)c(F)c1. The molecule has 6 heteroatoms. The molecule has 3 N–H and O–H groups in total. The number of benzene rings is 1. The third-order valence-corrected chi connectivity index (χ3v) is 3.13. The number of hydrogen-bond acceptors (Lipinski definition) is 4. The molecule has 1 heterocycles. The normalized spacial score (nSPS) is 11.8. The highest BCUT2D eigenvalue weighted by atomic mass is 19.1. The van der Waals surface area contributed by atoms with Crippen LogP contribution in [0.3, 0.4) is 0 Å². The predicted octanol–water partition coefficient (Wildman–Crippen LogP) is 2.22. The summed E-state index contributed by atoms with van der Waals surface area (Å²) in [5.74, 6) is -0.350. The second-order valence-electron chi connectivity index (χ2n) is 4.91. The molecule has 5 nitrogen and oxygen atoms in total.